The molecule has 0 bridgehead atoms. The van der Waals surface area contributed by atoms with Crippen molar-refractivity contribution in [1.82, 2.24) is 9.97 Å². The van der Waals surface area contributed by atoms with Crippen molar-refractivity contribution < 1.29 is 17.9 Å². The third-order valence-electron chi connectivity index (χ3n) is 2.39. The van der Waals surface area contributed by atoms with Crippen LogP contribution in [-0.2, 0) is 11.2 Å². The molecule has 1 rings (SSSR count). The second-order valence-electron chi connectivity index (χ2n) is 4.04. The number of ether oxygens (including phenoxy) is 1. The van der Waals surface area contributed by atoms with Gasteiger partial charge in [0.1, 0.15) is 24.6 Å². The largest absolute Gasteiger partial charge is 0.411 e. The van der Waals surface area contributed by atoms with Crippen LogP contribution in [0.1, 0.15) is 18.9 Å². The Hall–Kier alpha value is -1.61. The molecule has 4 N–H and O–H groups in total. The molecule has 0 unspecified atom stereocenters. The van der Waals surface area contributed by atoms with Crippen LogP contribution in [0.3, 0.4) is 0 Å². The Labute approximate surface area is 114 Å². The summed E-state index contributed by atoms with van der Waals surface area (Å²) in [5.41, 5.74) is 3.27. The average Bonchev–Trinajstić information content (AvgIpc) is 2.38. The van der Waals surface area contributed by atoms with E-state index in [2.05, 4.69) is 25.4 Å². The minimum Gasteiger partial charge on any atom is -0.370 e. The topological polar surface area (TPSA) is 85.1 Å². The number of hydrazine groups is 1. The van der Waals surface area contributed by atoms with Gasteiger partial charge < -0.3 is 15.5 Å². The molecule has 0 saturated heterocycles. The molecule has 20 heavy (non-hydrogen) atoms. The van der Waals surface area contributed by atoms with Crippen LogP contribution in [0.4, 0.5) is 24.8 Å². The summed E-state index contributed by atoms with van der Waals surface area (Å²) >= 11 is 0. The summed E-state index contributed by atoms with van der Waals surface area (Å²) < 4.78 is 40.1. The number of aromatic nitrogens is 2. The van der Waals surface area contributed by atoms with E-state index in [0.717, 1.165) is 12.0 Å². The van der Waals surface area contributed by atoms with Crippen molar-refractivity contribution in [1.29, 1.82) is 0 Å². The van der Waals surface area contributed by atoms with Gasteiger partial charge in [-0.3, -0.25) is 0 Å². The minimum absolute atomic E-state index is 0.0690. The zero-order valence-electron chi connectivity index (χ0n) is 11.1. The molecule has 0 saturated carbocycles. The van der Waals surface area contributed by atoms with Crippen LogP contribution in [0.5, 0.6) is 0 Å². The van der Waals surface area contributed by atoms with E-state index in [9.17, 15) is 13.2 Å². The lowest BCUT2D eigenvalue weighted by Crippen LogP contribution is -2.21. The van der Waals surface area contributed by atoms with Gasteiger partial charge in [-0.05, 0) is 6.42 Å². The molecule has 1 aromatic rings. The number of hydrogen-bond acceptors (Lipinski definition) is 6. The predicted molar refractivity (Wildman–Crippen MR) is 69.2 cm³/mol. The lowest BCUT2D eigenvalue weighted by atomic mass is 10.1. The summed E-state index contributed by atoms with van der Waals surface area (Å²) in [5.74, 6) is 6.40. The van der Waals surface area contributed by atoms with Crippen LogP contribution in [0.2, 0.25) is 0 Å². The highest BCUT2D eigenvalue weighted by atomic mass is 19.4. The number of nitrogens with one attached hydrogen (secondary N) is 2. The first-order valence-electron chi connectivity index (χ1n) is 6.16. The molecule has 0 amide bonds. The van der Waals surface area contributed by atoms with Crippen LogP contribution in [0.25, 0.3) is 0 Å². The quantitative estimate of drug-likeness (QED) is 0.384. The number of hydrogen-bond donors (Lipinski definition) is 3. The molecule has 6 nitrogen and oxygen atoms in total. The molecular formula is C11H18F3N5O. The van der Waals surface area contributed by atoms with E-state index in [1.165, 1.54) is 6.33 Å². The number of nitrogen functional groups attached to an aromatic ring is 1. The van der Waals surface area contributed by atoms with E-state index in [4.69, 9.17) is 5.84 Å². The monoisotopic (exact) mass is 293 g/mol. The molecule has 1 aromatic heterocycles. The number of nitrogens with zero attached hydrogens (tertiary/aromatic N) is 2. The molecule has 0 aromatic carbocycles. The van der Waals surface area contributed by atoms with Gasteiger partial charge in [-0.15, -0.1) is 0 Å². The Kier molecular flexibility index (Phi) is 6.46. The van der Waals surface area contributed by atoms with Gasteiger partial charge in [-0.25, -0.2) is 15.8 Å². The van der Waals surface area contributed by atoms with Crippen LogP contribution in [0.15, 0.2) is 6.33 Å². The molecule has 114 valence electrons. The fourth-order valence-electron chi connectivity index (χ4n) is 1.61. The molecule has 0 spiro atoms. The maximum Gasteiger partial charge on any atom is 0.411 e. The number of halogens is 3. The first kappa shape index (κ1) is 16.4. The first-order chi connectivity index (χ1) is 9.48. The Balaban J connectivity index is 2.51. The van der Waals surface area contributed by atoms with E-state index in [-0.39, 0.29) is 13.2 Å². The summed E-state index contributed by atoms with van der Waals surface area (Å²) in [7, 11) is 0. The smallest absolute Gasteiger partial charge is 0.370 e. The lowest BCUT2D eigenvalue weighted by molar-refractivity contribution is -0.172. The van der Waals surface area contributed by atoms with Gasteiger partial charge in [-0.1, -0.05) is 13.3 Å². The Morgan fingerprint density at radius 2 is 2.00 bits per heavy atom. The van der Waals surface area contributed by atoms with E-state index in [1.54, 1.807) is 0 Å². The Morgan fingerprint density at radius 1 is 1.30 bits per heavy atom. The van der Waals surface area contributed by atoms with E-state index in [0.29, 0.717) is 18.1 Å². The highest BCUT2D eigenvalue weighted by molar-refractivity contribution is 5.56. The third-order valence-corrected chi connectivity index (χ3v) is 2.39. The SMILES string of the molecule is CCCc1c(NN)ncnc1NCCOCC(F)(F)F. The third kappa shape index (κ3) is 5.57. The number of rotatable bonds is 8. The number of nitrogens with two attached hydrogens (primary N) is 1. The predicted octanol–water partition coefficient (Wildman–Crippen LogP) is 1.71. The Morgan fingerprint density at radius 3 is 2.60 bits per heavy atom. The molecule has 0 fully saturated rings. The van der Waals surface area contributed by atoms with Crippen molar-refractivity contribution in [2.75, 3.05) is 30.5 Å². The Bertz CT molecular complexity index is 414. The van der Waals surface area contributed by atoms with E-state index in [1.807, 2.05) is 6.92 Å². The van der Waals surface area contributed by atoms with Crippen molar-refractivity contribution in [3.63, 3.8) is 0 Å². The standard InChI is InChI=1S/C11H18F3N5O/c1-2-3-8-9(17-7-18-10(8)19-15)16-4-5-20-6-11(12,13)14/h7H,2-6,15H2,1H3,(H2,16,17,18,19). The fourth-order valence-corrected chi connectivity index (χ4v) is 1.61. The van der Waals surface area contributed by atoms with Crippen molar-refractivity contribution in [3.05, 3.63) is 11.9 Å². The van der Waals surface area contributed by atoms with Crippen molar-refractivity contribution in [2.24, 2.45) is 5.84 Å². The van der Waals surface area contributed by atoms with Gasteiger partial charge in [0.2, 0.25) is 0 Å². The maximum absolute atomic E-state index is 11.9. The molecule has 0 aliphatic rings. The molecule has 0 aliphatic carbocycles. The number of anilines is 2. The summed E-state index contributed by atoms with van der Waals surface area (Å²) in [4.78, 5) is 8.04. The fraction of sp³-hybridized carbons (Fsp3) is 0.636. The summed E-state index contributed by atoms with van der Waals surface area (Å²) in [5, 5.41) is 2.92. The molecule has 1 heterocycles. The second-order valence-corrected chi connectivity index (χ2v) is 4.04. The first-order valence-corrected chi connectivity index (χ1v) is 6.16. The molecule has 0 atom stereocenters. The van der Waals surface area contributed by atoms with Crippen molar-refractivity contribution in [3.8, 4) is 0 Å². The molecular weight excluding hydrogens is 275 g/mol. The number of alkyl halides is 3. The summed E-state index contributed by atoms with van der Waals surface area (Å²) in [6.07, 6.45) is -1.42. The van der Waals surface area contributed by atoms with Crippen LogP contribution >= 0.6 is 0 Å². The average molecular weight is 293 g/mol. The highest BCUT2D eigenvalue weighted by Gasteiger charge is 2.27. The summed E-state index contributed by atoms with van der Waals surface area (Å²) in [6, 6.07) is 0. The van der Waals surface area contributed by atoms with Crippen LogP contribution in [0, 0.1) is 0 Å². The van der Waals surface area contributed by atoms with Gasteiger partial charge in [0.15, 0.2) is 0 Å². The summed E-state index contributed by atoms with van der Waals surface area (Å²) in [6.45, 7) is 0.883. The van der Waals surface area contributed by atoms with Gasteiger partial charge in [0, 0.05) is 12.1 Å². The highest BCUT2D eigenvalue weighted by Crippen LogP contribution is 2.20. The maximum atomic E-state index is 11.9. The van der Waals surface area contributed by atoms with E-state index < -0.39 is 12.8 Å². The second kappa shape index (κ2) is 7.85. The molecule has 0 radical (unpaired) electrons. The van der Waals surface area contributed by atoms with Crippen molar-refractivity contribution in [2.45, 2.75) is 25.9 Å². The van der Waals surface area contributed by atoms with Gasteiger partial charge in [0.25, 0.3) is 0 Å². The normalized spacial score (nSPS) is 11.4. The van der Waals surface area contributed by atoms with Gasteiger partial charge in [0.05, 0.1) is 6.61 Å². The molecule has 0 aliphatic heterocycles. The van der Waals surface area contributed by atoms with Crippen LogP contribution < -0.4 is 16.6 Å². The zero-order chi connectivity index (χ0) is 15.0. The minimum atomic E-state index is -4.31. The molecule has 9 heteroatoms. The van der Waals surface area contributed by atoms with Crippen LogP contribution in [-0.4, -0.2) is 35.9 Å². The lowest BCUT2D eigenvalue weighted by Gasteiger charge is -2.13. The van der Waals surface area contributed by atoms with Gasteiger partial charge in [-0.2, -0.15) is 13.2 Å². The zero-order valence-corrected chi connectivity index (χ0v) is 11.1. The van der Waals surface area contributed by atoms with Crippen molar-refractivity contribution >= 4 is 11.6 Å². The van der Waals surface area contributed by atoms with E-state index >= 15 is 0 Å². The van der Waals surface area contributed by atoms with Gasteiger partial charge >= 0.3 is 6.18 Å².